The van der Waals surface area contributed by atoms with Crippen LogP contribution in [0.3, 0.4) is 0 Å². The molecule has 2 atom stereocenters. The molecule has 2 bridgehead atoms. The fourth-order valence-electron chi connectivity index (χ4n) is 2.82. The van der Waals surface area contributed by atoms with Gasteiger partial charge in [0, 0.05) is 12.1 Å². The molecule has 2 unspecified atom stereocenters. The van der Waals surface area contributed by atoms with E-state index in [-0.39, 0.29) is 0 Å². The SMILES string of the molecule is CCCC1CC2CCC(C1)N2. The van der Waals surface area contributed by atoms with Gasteiger partial charge in [0.15, 0.2) is 0 Å². The number of hydrogen-bond donors (Lipinski definition) is 1. The third-order valence-electron chi connectivity index (χ3n) is 3.27. The van der Waals surface area contributed by atoms with E-state index in [1.807, 2.05) is 0 Å². The molecule has 0 radical (unpaired) electrons. The molecule has 64 valence electrons. The van der Waals surface area contributed by atoms with Crippen molar-refractivity contribution < 1.29 is 0 Å². The molecular weight excluding hydrogens is 134 g/mol. The summed E-state index contributed by atoms with van der Waals surface area (Å²) in [6, 6.07) is 1.79. The summed E-state index contributed by atoms with van der Waals surface area (Å²) in [5.74, 6) is 1.05. The van der Waals surface area contributed by atoms with Crippen molar-refractivity contribution in [3.63, 3.8) is 0 Å². The second-order valence-electron chi connectivity index (χ2n) is 4.26. The summed E-state index contributed by atoms with van der Waals surface area (Å²) in [6.07, 6.45) is 8.67. The van der Waals surface area contributed by atoms with Crippen LogP contribution in [0.4, 0.5) is 0 Å². The maximum atomic E-state index is 3.68. The van der Waals surface area contributed by atoms with Crippen molar-refractivity contribution in [1.82, 2.24) is 5.32 Å². The van der Waals surface area contributed by atoms with E-state index < -0.39 is 0 Å². The van der Waals surface area contributed by atoms with Gasteiger partial charge in [-0.25, -0.2) is 0 Å². The fraction of sp³-hybridized carbons (Fsp3) is 1.00. The molecule has 2 fully saturated rings. The highest BCUT2D eigenvalue weighted by Crippen LogP contribution is 2.32. The van der Waals surface area contributed by atoms with Gasteiger partial charge in [0.25, 0.3) is 0 Å². The highest BCUT2D eigenvalue weighted by molar-refractivity contribution is 4.91. The lowest BCUT2D eigenvalue weighted by molar-refractivity contribution is 0.284. The number of hydrogen-bond acceptors (Lipinski definition) is 1. The Morgan fingerprint density at radius 3 is 2.36 bits per heavy atom. The first-order valence-corrected chi connectivity index (χ1v) is 5.14. The molecule has 2 heterocycles. The second kappa shape index (κ2) is 3.14. The Balaban J connectivity index is 1.87. The molecule has 0 aliphatic carbocycles. The third-order valence-corrected chi connectivity index (χ3v) is 3.27. The van der Waals surface area contributed by atoms with E-state index >= 15 is 0 Å². The van der Waals surface area contributed by atoms with Gasteiger partial charge in [-0.15, -0.1) is 0 Å². The molecule has 0 aromatic heterocycles. The summed E-state index contributed by atoms with van der Waals surface area (Å²) < 4.78 is 0. The third kappa shape index (κ3) is 1.58. The van der Waals surface area contributed by atoms with Crippen molar-refractivity contribution in [2.45, 2.75) is 57.5 Å². The zero-order chi connectivity index (χ0) is 7.68. The van der Waals surface area contributed by atoms with Gasteiger partial charge < -0.3 is 5.32 Å². The maximum absolute atomic E-state index is 3.68. The zero-order valence-electron chi connectivity index (χ0n) is 7.47. The summed E-state index contributed by atoms with van der Waals surface area (Å²) in [4.78, 5) is 0. The maximum Gasteiger partial charge on any atom is 0.00728 e. The molecule has 2 aliphatic rings. The molecule has 2 saturated heterocycles. The van der Waals surface area contributed by atoms with Crippen LogP contribution < -0.4 is 5.32 Å². The molecule has 1 heteroatoms. The fourth-order valence-corrected chi connectivity index (χ4v) is 2.82. The van der Waals surface area contributed by atoms with Gasteiger partial charge >= 0.3 is 0 Å². The van der Waals surface area contributed by atoms with E-state index in [4.69, 9.17) is 0 Å². The Hall–Kier alpha value is -0.0400. The van der Waals surface area contributed by atoms with E-state index in [1.54, 1.807) is 0 Å². The van der Waals surface area contributed by atoms with Gasteiger partial charge in [0.2, 0.25) is 0 Å². The number of rotatable bonds is 2. The smallest absolute Gasteiger partial charge is 0.00728 e. The molecule has 1 nitrogen and oxygen atoms in total. The van der Waals surface area contributed by atoms with Crippen LogP contribution >= 0.6 is 0 Å². The van der Waals surface area contributed by atoms with Crippen LogP contribution in [0.5, 0.6) is 0 Å². The minimum absolute atomic E-state index is 0.894. The van der Waals surface area contributed by atoms with Crippen LogP contribution in [0.2, 0.25) is 0 Å². The summed E-state index contributed by atoms with van der Waals surface area (Å²) in [5.41, 5.74) is 0. The van der Waals surface area contributed by atoms with E-state index in [0.717, 1.165) is 18.0 Å². The predicted octanol–water partition coefficient (Wildman–Crippen LogP) is 2.32. The minimum Gasteiger partial charge on any atom is -0.311 e. The Labute approximate surface area is 69.6 Å². The molecule has 0 aromatic rings. The van der Waals surface area contributed by atoms with Crippen LogP contribution in [0, 0.1) is 5.92 Å². The highest BCUT2D eigenvalue weighted by Gasteiger charge is 2.32. The Morgan fingerprint density at radius 1 is 1.18 bits per heavy atom. The largest absolute Gasteiger partial charge is 0.311 e. The summed E-state index contributed by atoms with van der Waals surface area (Å²) in [6.45, 7) is 2.31. The number of fused-ring (bicyclic) bond motifs is 2. The van der Waals surface area contributed by atoms with Crippen molar-refractivity contribution in [2.24, 2.45) is 5.92 Å². The normalized spacial score (nSPS) is 42.8. The first-order chi connectivity index (χ1) is 5.38. The lowest BCUT2D eigenvalue weighted by atomic mass is 9.89. The second-order valence-corrected chi connectivity index (χ2v) is 4.26. The average molecular weight is 153 g/mol. The zero-order valence-corrected chi connectivity index (χ0v) is 7.47. The number of piperidine rings is 1. The molecule has 0 saturated carbocycles. The number of nitrogens with one attached hydrogen (secondary N) is 1. The molecule has 11 heavy (non-hydrogen) atoms. The van der Waals surface area contributed by atoms with E-state index in [0.29, 0.717) is 0 Å². The van der Waals surface area contributed by atoms with Gasteiger partial charge in [-0.3, -0.25) is 0 Å². The van der Waals surface area contributed by atoms with Gasteiger partial charge in [-0.2, -0.15) is 0 Å². The van der Waals surface area contributed by atoms with E-state index in [1.165, 1.54) is 38.5 Å². The summed E-state index contributed by atoms with van der Waals surface area (Å²) in [5, 5.41) is 3.68. The van der Waals surface area contributed by atoms with Gasteiger partial charge in [0.1, 0.15) is 0 Å². The van der Waals surface area contributed by atoms with Crippen molar-refractivity contribution in [1.29, 1.82) is 0 Å². The molecule has 0 amide bonds. The predicted molar refractivity (Wildman–Crippen MR) is 47.6 cm³/mol. The molecule has 2 rings (SSSR count). The summed E-state index contributed by atoms with van der Waals surface area (Å²) >= 11 is 0. The molecule has 2 aliphatic heterocycles. The lowest BCUT2D eigenvalue weighted by Crippen LogP contribution is -2.37. The van der Waals surface area contributed by atoms with Crippen molar-refractivity contribution in [3.05, 3.63) is 0 Å². The van der Waals surface area contributed by atoms with Crippen LogP contribution in [0.25, 0.3) is 0 Å². The van der Waals surface area contributed by atoms with E-state index in [9.17, 15) is 0 Å². The van der Waals surface area contributed by atoms with Crippen molar-refractivity contribution in [3.8, 4) is 0 Å². The van der Waals surface area contributed by atoms with Crippen LogP contribution in [-0.4, -0.2) is 12.1 Å². The van der Waals surface area contributed by atoms with Gasteiger partial charge in [-0.1, -0.05) is 19.8 Å². The standard InChI is InChI=1S/C10H19N/c1-2-3-8-6-9-4-5-10(7-8)11-9/h8-11H,2-7H2,1H3. The first-order valence-electron chi connectivity index (χ1n) is 5.14. The van der Waals surface area contributed by atoms with Crippen LogP contribution in [0.1, 0.15) is 45.4 Å². The summed E-state index contributed by atoms with van der Waals surface area (Å²) in [7, 11) is 0. The quantitative estimate of drug-likeness (QED) is 0.642. The Bertz CT molecular complexity index is 121. The van der Waals surface area contributed by atoms with Gasteiger partial charge in [-0.05, 0) is 31.6 Å². The van der Waals surface area contributed by atoms with Crippen molar-refractivity contribution in [2.75, 3.05) is 0 Å². The van der Waals surface area contributed by atoms with Crippen molar-refractivity contribution >= 4 is 0 Å². The van der Waals surface area contributed by atoms with Crippen LogP contribution in [0.15, 0.2) is 0 Å². The monoisotopic (exact) mass is 153 g/mol. The van der Waals surface area contributed by atoms with Gasteiger partial charge in [0.05, 0.1) is 0 Å². The molecule has 1 N–H and O–H groups in total. The molecule has 0 aromatic carbocycles. The first kappa shape index (κ1) is 7.60. The van der Waals surface area contributed by atoms with E-state index in [2.05, 4.69) is 12.2 Å². The molecule has 0 spiro atoms. The Morgan fingerprint density at radius 2 is 1.82 bits per heavy atom. The lowest BCUT2D eigenvalue weighted by Gasteiger charge is -2.28. The highest BCUT2D eigenvalue weighted by atomic mass is 15.0. The topological polar surface area (TPSA) is 12.0 Å². The minimum atomic E-state index is 0.894. The molecular formula is C10H19N. The average Bonchev–Trinajstić information content (AvgIpc) is 2.32. The van der Waals surface area contributed by atoms with Crippen LogP contribution in [-0.2, 0) is 0 Å². The Kier molecular flexibility index (Phi) is 2.17.